The van der Waals surface area contributed by atoms with E-state index < -0.39 is 23.6 Å². The van der Waals surface area contributed by atoms with Crippen molar-refractivity contribution in [2.24, 2.45) is 0 Å². The molecule has 0 unspecified atom stereocenters. The Morgan fingerprint density at radius 3 is 2.37 bits per heavy atom. The number of halogens is 2. The molecule has 0 fully saturated rings. The molecule has 1 heterocycles. The molecule has 30 heavy (non-hydrogen) atoms. The van der Waals surface area contributed by atoms with E-state index in [0.717, 1.165) is 12.1 Å². The van der Waals surface area contributed by atoms with Gasteiger partial charge in [-0.1, -0.05) is 11.6 Å². The molecule has 0 aliphatic rings. The molecule has 3 N–H and O–H groups in total. The van der Waals surface area contributed by atoms with Crippen molar-refractivity contribution >= 4 is 58.9 Å². The molecule has 156 valence electrons. The molecule has 0 atom stereocenters. The summed E-state index contributed by atoms with van der Waals surface area (Å²) >= 11 is 6.15. The van der Waals surface area contributed by atoms with Crippen molar-refractivity contribution in [2.75, 3.05) is 7.11 Å². The van der Waals surface area contributed by atoms with Crippen LogP contribution in [0.25, 0.3) is 16.9 Å². The average Bonchev–Trinajstić information content (AvgIpc) is 3.01. The minimum atomic E-state index is -5.00. The van der Waals surface area contributed by atoms with E-state index in [9.17, 15) is 17.4 Å². The topological polar surface area (TPSA) is 131 Å². The second kappa shape index (κ2) is 9.47. The van der Waals surface area contributed by atoms with Crippen molar-refractivity contribution in [3.8, 4) is 22.7 Å². The molecule has 9 nitrogen and oxygen atoms in total. The molecule has 1 aromatic heterocycles. The number of rotatable bonds is 6. The Hall–Kier alpha value is -1.27. The zero-order valence-corrected chi connectivity index (χ0v) is 17.1. The van der Waals surface area contributed by atoms with Crippen LogP contribution in [0.4, 0.5) is 4.39 Å². The molecule has 14 heteroatoms. The van der Waals surface area contributed by atoms with E-state index in [4.69, 9.17) is 26.1 Å². The van der Waals surface area contributed by atoms with Crippen molar-refractivity contribution in [1.29, 1.82) is 0 Å². The number of methoxy groups -OCH3 is 1. The fraction of sp³-hybridized carbons (Fsp3) is 0.0625. The number of benzene rings is 2. The Bertz CT molecular complexity index is 1220. The number of hydrogen-bond donors (Lipinski definition) is 3. The van der Waals surface area contributed by atoms with Gasteiger partial charge in [0.05, 0.1) is 17.7 Å². The maximum absolute atomic E-state index is 14.1. The second-order valence-electron chi connectivity index (χ2n) is 5.74. The normalized spacial score (nSPS) is 11.8. The van der Waals surface area contributed by atoms with Crippen LogP contribution in [0.1, 0.15) is 0 Å². The van der Waals surface area contributed by atoms with E-state index in [1.165, 1.54) is 46.8 Å². The Morgan fingerprint density at radius 1 is 1.20 bits per heavy atom. The van der Waals surface area contributed by atoms with Gasteiger partial charge in [0.25, 0.3) is 0 Å². The van der Waals surface area contributed by atoms with Gasteiger partial charge in [0, 0.05) is 11.3 Å². The average molecular weight is 486 g/mol. The molecule has 0 aliphatic carbocycles. The first-order chi connectivity index (χ1) is 13.5. The van der Waals surface area contributed by atoms with Crippen LogP contribution < -0.4 is 9.23 Å². The summed E-state index contributed by atoms with van der Waals surface area (Å²) in [7, 11) is -8.07. The van der Waals surface area contributed by atoms with Gasteiger partial charge in [-0.05, 0) is 42.5 Å². The van der Waals surface area contributed by atoms with E-state index in [-0.39, 0.29) is 45.4 Å². The van der Waals surface area contributed by atoms with Crippen LogP contribution in [0.2, 0.25) is 5.15 Å². The van der Waals surface area contributed by atoms with Crippen molar-refractivity contribution in [3.05, 3.63) is 59.8 Å². The zero-order valence-electron chi connectivity index (χ0n) is 14.7. The van der Waals surface area contributed by atoms with Crippen LogP contribution in [-0.2, 0) is 14.6 Å². The quantitative estimate of drug-likeness (QED) is 0.360. The van der Waals surface area contributed by atoms with Crippen molar-refractivity contribution in [3.63, 3.8) is 0 Å². The summed E-state index contributed by atoms with van der Waals surface area (Å²) in [5, 5.41) is 0.0921. The third kappa shape index (κ3) is 5.50. The predicted octanol–water partition coefficient (Wildman–Crippen LogP) is 2.06. The number of imidazole rings is 1. The van der Waals surface area contributed by atoms with Crippen molar-refractivity contribution < 1.29 is 31.9 Å². The third-order valence-corrected chi connectivity index (χ3v) is 6.89. The summed E-state index contributed by atoms with van der Waals surface area (Å²) in [5.74, 6) is -0.540. The monoisotopic (exact) mass is 485 g/mol. The maximum atomic E-state index is 14.1. The Morgan fingerprint density at radius 2 is 1.83 bits per heavy atom. The van der Waals surface area contributed by atoms with Crippen LogP contribution in [0.3, 0.4) is 0 Å². The van der Waals surface area contributed by atoms with Gasteiger partial charge in [-0.2, -0.15) is 0 Å². The summed E-state index contributed by atoms with van der Waals surface area (Å²) in [5.41, 5.74) is 1.20. The van der Waals surface area contributed by atoms with Crippen molar-refractivity contribution in [1.82, 2.24) is 14.0 Å². The van der Waals surface area contributed by atoms with Crippen LogP contribution in [0.5, 0.6) is 5.75 Å². The van der Waals surface area contributed by atoms with Gasteiger partial charge in [0.15, 0.2) is 16.7 Å². The zero-order chi connectivity index (χ0) is 21.4. The number of aromatic nitrogens is 2. The second-order valence-corrected chi connectivity index (χ2v) is 9.39. The fourth-order valence-electron chi connectivity index (χ4n) is 2.59. The molecular formula is C16H15ClFN3NaO6PS. The van der Waals surface area contributed by atoms with Crippen LogP contribution >= 0.6 is 19.3 Å². The minimum absolute atomic E-state index is 0. The SMILES string of the molecule is COc1ccc(-c2c(Cl)ncn2-c2ccc(S(=O)(=O)NP(=O)(O)O)cc2)cc1F.[NaH]. The van der Waals surface area contributed by atoms with Crippen LogP contribution in [0, 0.1) is 5.82 Å². The molecule has 0 saturated heterocycles. The molecule has 0 aliphatic heterocycles. The van der Waals surface area contributed by atoms with Gasteiger partial charge in [0.2, 0.25) is 10.0 Å². The number of nitrogens with one attached hydrogen (secondary N) is 1. The molecule has 0 bridgehead atoms. The van der Waals surface area contributed by atoms with E-state index in [2.05, 4.69) is 4.98 Å². The van der Waals surface area contributed by atoms with E-state index in [0.29, 0.717) is 16.9 Å². The van der Waals surface area contributed by atoms with E-state index >= 15 is 0 Å². The summed E-state index contributed by atoms with van der Waals surface area (Å²) in [6.45, 7) is 0. The summed E-state index contributed by atoms with van der Waals surface area (Å²) in [4.78, 5) is 21.3. The number of ether oxygens (including phenoxy) is 1. The van der Waals surface area contributed by atoms with Crippen LogP contribution in [0.15, 0.2) is 53.7 Å². The van der Waals surface area contributed by atoms with E-state index in [1.54, 1.807) is 6.07 Å². The molecule has 0 radical (unpaired) electrons. The van der Waals surface area contributed by atoms with E-state index in [1.807, 2.05) is 0 Å². The first kappa shape index (κ1) is 25.0. The van der Waals surface area contributed by atoms with Gasteiger partial charge in [-0.15, -0.1) is 4.49 Å². The van der Waals surface area contributed by atoms with Gasteiger partial charge < -0.3 is 14.5 Å². The molecule has 0 saturated carbocycles. The first-order valence-electron chi connectivity index (χ1n) is 7.78. The summed E-state index contributed by atoms with van der Waals surface area (Å²) < 4.78 is 56.7. The Kier molecular flexibility index (Phi) is 7.89. The molecule has 0 spiro atoms. The number of sulfonamides is 1. The predicted molar refractivity (Wildman–Crippen MR) is 110 cm³/mol. The molecule has 0 amide bonds. The van der Waals surface area contributed by atoms with Gasteiger partial charge >= 0.3 is 37.3 Å². The first-order valence-corrected chi connectivity index (χ1v) is 11.3. The summed E-state index contributed by atoms with van der Waals surface area (Å²) in [6.07, 6.45) is 1.37. The number of nitrogens with zero attached hydrogens (tertiary/aromatic N) is 2. The van der Waals surface area contributed by atoms with Crippen LogP contribution in [-0.4, -0.2) is 64.4 Å². The Balaban J connectivity index is 0.00000320. The van der Waals surface area contributed by atoms with Gasteiger partial charge in [0.1, 0.15) is 6.33 Å². The van der Waals surface area contributed by atoms with Crippen molar-refractivity contribution in [2.45, 2.75) is 4.90 Å². The van der Waals surface area contributed by atoms with Gasteiger partial charge in [-0.25, -0.2) is 22.4 Å². The number of hydrogen-bond acceptors (Lipinski definition) is 5. The van der Waals surface area contributed by atoms with Gasteiger partial charge in [-0.3, -0.25) is 4.57 Å². The standard InChI is InChI=1S/C16H14ClFN3O6PS.Na.H/c1-27-14-7-2-10(8-13(14)18)15-16(17)19-9-21(15)11-3-5-12(6-4-11)29(25,26)20-28(22,23)24;;/h2-9H,1H3,(H3,20,22,23,24);;. The fourth-order valence-corrected chi connectivity index (χ4v) is 5.00. The Labute approximate surface area is 198 Å². The molecule has 3 rings (SSSR count). The molecule has 3 aromatic rings. The third-order valence-electron chi connectivity index (χ3n) is 3.81. The summed E-state index contributed by atoms with van der Waals surface area (Å²) in [6, 6.07) is 9.32. The molecular weight excluding hydrogens is 471 g/mol. The molecule has 2 aromatic carbocycles.